The highest BCUT2D eigenvalue weighted by atomic mass is 19.1. The predicted molar refractivity (Wildman–Crippen MR) is 128 cm³/mol. The molecule has 0 saturated carbocycles. The highest BCUT2D eigenvalue weighted by Gasteiger charge is 2.45. The number of nitriles is 3. The van der Waals surface area contributed by atoms with E-state index in [1.807, 2.05) is 36.4 Å². The maximum absolute atomic E-state index is 15.4. The lowest BCUT2D eigenvalue weighted by atomic mass is 9.72. The van der Waals surface area contributed by atoms with E-state index >= 15 is 4.39 Å². The van der Waals surface area contributed by atoms with E-state index in [9.17, 15) is 20.2 Å². The molecule has 3 aromatic carbocycles. The van der Waals surface area contributed by atoms with Gasteiger partial charge in [0.25, 0.3) is 0 Å². The molecule has 4 rings (SSSR count). The first-order valence-corrected chi connectivity index (χ1v) is 11.4. The number of likely N-dealkylation sites (tertiary alicyclic amines) is 1. The summed E-state index contributed by atoms with van der Waals surface area (Å²) in [6.07, 6.45) is 0. The van der Waals surface area contributed by atoms with Crippen LogP contribution in [0.5, 0.6) is 0 Å². The second-order valence-electron chi connectivity index (χ2n) is 9.51. The topological polar surface area (TPSA) is 74.6 Å². The third-order valence-corrected chi connectivity index (χ3v) is 6.61. The van der Waals surface area contributed by atoms with Gasteiger partial charge in [-0.3, -0.25) is 4.90 Å². The fourth-order valence-corrected chi connectivity index (χ4v) is 5.19. The Morgan fingerprint density at radius 2 is 1.43 bits per heavy atom. The van der Waals surface area contributed by atoms with Crippen LogP contribution in [0.15, 0.2) is 66.7 Å². The molecule has 0 radical (unpaired) electrons. The van der Waals surface area contributed by atoms with E-state index in [4.69, 9.17) is 0 Å². The van der Waals surface area contributed by atoms with Crippen LogP contribution in [-0.2, 0) is 0 Å². The average Bonchev–Trinajstić information content (AvgIpc) is 2.81. The minimum Gasteiger partial charge on any atom is -0.292 e. The largest absolute Gasteiger partial charge is 0.292 e. The maximum atomic E-state index is 15.4. The second kappa shape index (κ2) is 9.67. The van der Waals surface area contributed by atoms with Gasteiger partial charge in [-0.15, -0.1) is 0 Å². The molecule has 2 atom stereocenters. The molecule has 0 amide bonds. The van der Waals surface area contributed by atoms with Crippen molar-refractivity contribution in [1.82, 2.24) is 4.90 Å². The molecule has 0 N–H and O–H groups in total. The summed E-state index contributed by atoms with van der Waals surface area (Å²) in [7, 11) is 0. The van der Waals surface area contributed by atoms with Gasteiger partial charge in [0.05, 0.1) is 40.9 Å². The number of benzene rings is 3. The van der Waals surface area contributed by atoms with Crippen molar-refractivity contribution in [2.45, 2.75) is 31.5 Å². The van der Waals surface area contributed by atoms with Crippen molar-refractivity contribution in [1.29, 1.82) is 15.8 Å². The fraction of sp³-hybridized carbons (Fsp3) is 0.276. The number of alkyl halides is 1. The molecular weight excluding hydrogens is 442 g/mol. The van der Waals surface area contributed by atoms with Crippen molar-refractivity contribution >= 4 is 0 Å². The minimum absolute atomic E-state index is 0.0941. The number of nitrogens with zero attached hydrogens (tertiary/aromatic N) is 4. The molecule has 1 heterocycles. The van der Waals surface area contributed by atoms with Gasteiger partial charge in [-0.1, -0.05) is 24.3 Å². The number of hydrogen-bond donors (Lipinski definition) is 0. The van der Waals surface area contributed by atoms with Crippen LogP contribution in [-0.4, -0.2) is 23.7 Å². The number of halogens is 2. The quantitative estimate of drug-likeness (QED) is 0.447. The standard InChI is InChI=1S/C29H24F2N4/c1-29(2,31)27(24-11-21(16-34)12-26(30)13-24)25-17-35(18-25)28(22-8-6-19(14-32)7-9-22)23-5-3-4-20(10-23)15-33/h3-13,25,27-28H,17-18H2,1-2H3/t27-,28-/m0/s1. The van der Waals surface area contributed by atoms with Crippen LogP contribution in [0.2, 0.25) is 0 Å². The molecular formula is C29H24F2N4. The molecule has 0 aromatic heterocycles. The monoisotopic (exact) mass is 466 g/mol. The summed E-state index contributed by atoms with van der Waals surface area (Å²) in [6, 6.07) is 24.8. The van der Waals surface area contributed by atoms with Gasteiger partial charge in [0.2, 0.25) is 0 Å². The first kappa shape index (κ1) is 24.1. The van der Waals surface area contributed by atoms with Gasteiger partial charge in [0, 0.05) is 19.0 Å². The molecule has 35 heavy (non-hydrogen) atoms. The zero-order valence-electron chi connectivity index (χ0n) is 19.5. The lowest BCUT2D eigenvalue weighted by Crippen LogP contribution is -2.53. The van der Waals surface area contributed by atoms with E-state index in [2.05, 4.69) is 17.0 Å². The molecule has 6 heteroatoms. The molecule has 0 bridgehead atoms. The Bertz CT molecular complexity index is 1350. The van der Waals surface area contributed by atoms with Gasteiger partial charge >= 0.3 is 0 Å². The van der Waals surface area contributed by atoms with Crippen molar-refractivity contribution in [3.8, 4) is 18.2 Å². The third kappa shape index (κ3) is 5.07. The Balaban J connectivity index is 1.67. The molecule has 1 saturated heterocycles. The first-order chi connectivity index (χ1) is 16.7. The summed E-state index contributed by atoms with van der Waals surface area (Å²) >= 11 is 0. The molecule has 1 fully saturated rings. The second-order valence-corrected chi connectivity index (χ2v) is 9.51. The van der Waals surface area contributed by atoms with Crippen LogP contribution in [0.1, 0.15) is 59.2 Å². The molecule has 0 aliphatic carbocycles. The Kier molecular flexibility index (Phi) is 6.65. The smallest absolute Gasteiger partial charge is 0.124 e. The zero-order valence-corrected chi connectivity index (χ0v) is 19.5. The molecule has 4 nitrogen and oxygen atoms in total. The molecule has 0 spiro atoms. The molecule has 3 aromatic rings. The summed E-state index contributed by atoms with van der Waals surface area (Å²) in [4.78, 5) is 2.20. The van der Waals surface area contributed by atoms with Crippen molar-refractivity contribution < 1.29 is 8.78 Å². The molecule has 174 valence electrons. The van der Waals surface area contributed by atoms with Crippen molar-refractivity contribution in [2.24, 2.45) is 5.92 Å². The lowest BCUT2D eigenvalue weighted by Gasteiger charge is -2.50. The van der Waals surface area contributed by atoms with Gasteiger partial charge in [-0.25, -0.2) is 8.78 Å². The number of rotatable bonds is 6. The van der Waals surface area contributed by atoms with Crippen LogP contribution in [0.4, 0.5) is 8.78 Å². The lowest BCUT2D eigenvalue weighted by molar-refractivity contribution is 0.00812. The Labute approximate surface area is 204 Å². The van der Waals surface area contributed by atoms with Crippen LogP contribution >= 0.6 is 0 Å². The SMILES string of the molecule is CC(C)(F)[C@@H](c1cc(F)cc(C#N)c1)C1CN([C@@H](c2ccc(C#N)cc2)c2cccc(C#N)c2)C1. The summed E-state index contributed by atoms with van der Waals surface area (Å²) in [6.45, 7) is 4.09. The summed E-state index contributed by atoms with van der Waals surface area (Å²) < 4.78 is 29.6. The fourth-order valence-electron chi connectivity index (χ4n) is 5.19. The van der Waals surface area contributed by atoms with Crippen LogP contribution in [0.25, 0.3) is 0 Å². The van der Waals surface area contributed by atoms with E-state index < -0.39 is 17.4 Å². The minimum atomic E-state index is -1.62. The predicted octanol–water partition coefficient (Wildman–Crippen LogP) is 5.99. The molecule has 1 aliphatic rings. The Morgan fingerprint density at radius 3 is 2.03 bits per heavy atom. The van der Waals surface area contributed by atoms with E-state index in [1.54, 1.807) is 24.3 Å². The third-order valence-electron chi connectivity index (χ3n) is 6.61. The van der Waals surface area contributed by atoms with Crippen LogP contribution < -0.4 is 0 Å². The Hall–Kier alpha value is -4.05. The van der Waals surface area contributed by atoms with E-state index in [1.165, 1.54) is 19.9 Å². The summed E-state index contributed by atoms with van der Waals surface area (Å²) in [5.41, 5.74) is 2.03. The van der Waals surface area contributed by atoms with Crippen molar-refractivity contribution in [3.63, 3.8) is 0 Å². The number of hydrogen-bond acceptors (Lipinski definition) is 4. The average molecular weight is 467 g/mol. The zero-order chi connectivity index (χ0) is 25.2. The first-order valence-electron chi connectivity index (χ1n) is 11.4. The summed E-state index contributed by atoms with van der Waals surface area (Å²) in [5.74, 6) is -1.23. The van der Waals surface area contributed by atoms with Gasteiger partial charge in [-0.2, -0.15) is 15.8 Å². The van der Waals surface area contributed by atoms with E-state index in [0.29, 0.717) is 29.8 Å². The van der Waals surface area contributed by atoms with Gasteiger partial charge < -0.3 is 0 Å². The van der Waals surface area contributed by atoms with Crippen LogP contribution in [0, 0.1) is 45.7 Å². The summed E-state index contributed by atoms with van der Waals surface area (Å²) in [5, 5.41) is 27.8. The van der Waals surface area contributed by atoms with E-state index in [-0.39, 0.29) is 17.5 Å². The molecule has 1 aliphatic heterocycles. The van der Waals surface area contributed by atoms with Crippen molar-refractivity contribution in [2.75, 3.05) is 13.1 Å². The Morgan fingerprint density at radius 1 is 0.800 bits per heavy atom. The highest BCUT2D eigenvalue weighted by Crippen LogP contribution is 2.45. The highest BCUT2D eigenvalue weighted by molar-refractivity contribution is 5.42. The van der Waals surface area contributed by atoms with Crippen molar-refractivity contribution in [3.05, 3.63) is 106 Å². The normalized spacial score (nSPS) is 15.8. The molecule has 0 unspecified atom stereocenters. The van der Waals surface area contributed by atoms with Gasteiger partial charge in [0.1, 0.15) is 11.5 Å². The maximum Gasteiger partial charge on any atom is 0.124 e. The van der Waals surface area contributed by atoms with E-state index in [0.717, 1.165) is 17.2 Å². The van der Waals surface area contributed by atoms with Gasteiger partial charge in [-0.05, 0) is 78.9 Å². The van der Waals surface area contributed by atoms with Gasteiger partial charge in [0.15, 0.2) is 0 Å². The van der Waals surface area contributed by atoms with Crippen LogP contribution in [0.3, 0.4) is 0 Å².